The Morgan fingerprint density at radius 1 is 1.39 bits per heavy atom. The van der Waals surface area contributed by atoms with E-state index in [9.17, 15) is 9.18 Å². The number of anilines is 1. The van der Waals surface area contributed by atoms with Gasteiger partial charge in [-0.15, -0.1) is 21.5 Å². The summed E-state index contributed by atoms with van der Waals surface area (Å²) in [6.45, 7) is 4.07. The SMILES string of the molecule is Cc1ccc(NC(=O)CSc2nnc(-c3cc4c(s3)CC[C@H](C)C4)o2)c(F)c1. The number of hydrogen-bond acceptors (Lipinski definition) is 6. The Morgan fingerprint density at radius 2 is 2.25 bits per heavy atom. The van der Waals surface area contributed by atoms with Gasteiger partial charge >= 0.3 is 0 Å². The number of hydrogen-bond donors (Lipinski definition) is 1. The van der Waals surface area contributed by atoms with Gasteiger partial charge in [-0.3, -0.25) is 4.79 Å². The van der Waals surface area contributed by atoms with Gasteiger partial charge in [-0.2, -0.15) is 0 Å². The first kappa shape index (κ1) is 19.1. The molecular weight excluding hydrogens is 397 g/mol. The molecule has 0 spiro atoms. The first-order valence-corrected chi connectivity index (χ1v) is 10.9. The summed E-state index contributed by atoms with van der Waals surface area (Å²) in [5.74, 6) is 0.482. The van der Waals surface area contributed by atoms with Gasteiger partial charge < -0.3 is 9.73 Å². The van der Waals surface area contributed by atoms with Crippen molar-refractivity contribution in [1.29, 1.82) is 0 Å². The predicted octanol–water partition coefficient (Wildman–Crippen LogP) is 5.10. The molecule has 0 saturated carbocycles. The van der Waals surface area contributed by atoms with E-state index in [4.69, 9.17) is 4.42 Å². The molecule has 8 heteroatoms. The summed E-state index contributed by atoms with van der Waals surface area (Å²) in [5, 5.41) is 11.0. The van der Waals surface area contributed by atoms with Gasteiger partial charge in [-0.25, -0.2) is 4.39 Å². The van der Waals surface area contributed by atoms with Crippen molar-refractivity contribution in [2.24, 2.45) is 5.92 Å². The number of benzene rings is 1. The van der Waals surface area contributed by atoms with Gasteiger partial charge in [0.05, 0.1) is 16.3 Å². The molecule has 0 aliphatic heterocycles. The van der Waals surface area contributed by atoms with E-state index in [0.717, 1.165) is 35.0 Å². The van der Waals surface area contributed by atoms with Gasteiger partial charge in [-0.05, 0) is 61.4 Å². The largest absolute Gasteiger partial charge is 0.410 e. The second-order valence-electron chi connectivity index (χ2n) is 7.10. The maximum Gasteiger partial charge on any atom is 0.277 e. The minimum atomic E-state index is -0.450. The number of nitrogens with one attached hydrogen (secondary N) is 1. The Hall–Kier alpha value is -2.19. The van der Waals surface area contributed by atoms with Crippen LogP contribution in [0.3, 0.4) is 0 Å². The van der Waals surface area contributed by atoms with E-state index in [2.05, 4.69) is 28.5 Å². The fourth-order valence-electron chi connectivity index (χ4n) is 3.21. The Kier molecular flexibility index (Phi) is 5.50. The average molecular weight is 418 g/mol. The Morgan fingerprint density at radius 3 is 3.07 bits per heavy atom. The molecule has 0 fully saturated rings. The third-order valence-corrected chi connectivity index (χ3v) is 6.72. The van der Waals surface area contributed by atoms with Crippen LogP contribution in [-0.2, 0) is 17.6 Å². The van der Waals surface area contributed by atoms with Crippen molar-refractivity contribution in [3.05, 3.63) is 46.1 Å². The molecule has 5 nitrogen and oxygen atoms in total. The lowest BCUT2D eigenvalue weighted by molar-refractivity contribution is -0.113. The maximum atomic E-state index is 13.8. The highest BCUT2D eigenvalue weighted by Gasteiger charge is 2.21. The molecule has 0 unspecified atom stereocenters. The van der Waals surface area contributed by atoms with Gasteiger partial charge in [0.1, 0.15) is 5.82 Å². The summed E-state index contributed by atoms with van der Waals surface area (Å²) in [6, 6.07) is 6.83. The van der Waals surface area contributed by atoms with Crippen molar-refractivity contribution < 1.29 is 13.6 Å². The smallest absolute Gasteiger partial charge is 0.277 e. The molecule has 0 bridgehead atoms. The van der Waals surface area contributed by atoms with Crippen LogP contribution < -0.4 is 5.32 Å². The number of amides is 1. The lowest BCUT2D eigenvalue weighted by Crippen LogP contribution is -2.15. The molecule has 146 valence electrons. The van der Waals surface area contributed by atoms with Crippen LogP contribution in [0.5, 0.6) is 0 Å². The molecule has 1 aromatic carbocycles. The summed E-state index contributed by atoms with van der Waals surface area (Å²) in [6.07, 6.45) is 3.42. The number of thioether (sulfide) groups is 1. The van der Waals surface area contributed by atoms with Crippen LogP contribution in [0.25, 0.3) is 10.8 Å². The number of carbonyl (C=O) groups is 1. The van der Waals surface area contributed by atoms with E-state index in [1.807, 2.05) is 0 Å². The fourth-order valence-corrected chi connectivity index (χ4v) is 4.91. The van der Waals surface area contributed by atoms with E-state index in [1.165, 1.54) is 22.9 Å². The van der Waals surface area contributed by atoms with Crippen molar-refractivity contribution in [2.75, 3.05) is 11.1 Å². The quantitative estimate of drug-likeness (QED) is 0.585. The molecule has 2 heterocycles. The minimum Gasteiger partial charge on any atom is -0.410 e. The number of rotatable bonds is 5. The van der Waals surface area contributed by atoms with Crippen molar-refractivity contribution >= 4 is 34.7 Å². The monoisotopic (exact) mass is 417 g/mol. The number of thiophene rings is 1. The topological polar surface area (TPSA) is 68.0 Å². The molecule has 1 aliphatic rings. The summed E-state index contributed by atoms with van der Waals surface area (Å²) >= 11 is 2.84. The zero-order chi connectivity index (χ0) is 19.7. The Labute approximate surface area is 170 Å². The fraction of sp³-hybridized carbons (Fsp3) is 0.350. The van der Waals surface area contributed by atoms with E-state index in [0.29, 0.717) is 17.0 Å². The van der Waals surface area contributed by atoms with Crippen LogP contribution in [0, 0.1) is 18.7 Å². The standard InChI is InChI=1S/C20H20FN3O2S2/c1-11-4-6-16-13(7-11)9-17(28-16)19-23-24-20(26-19)27-10-18(25)22-15-5-3-12(2)8-14(15)21/h3,5,8-9,11H,4,6-7,10H2,1-2H3,(H,22,25)/t11-/m0/s1. The maximum absolute atomic E-state index is 13.8. The molecule has 28 heavy (non-hydrogen) atoms. The van der Waals surface area contributed by atoms with Gasteiger partial charge in [0, 0.05) is 4.88 Å². The normalized spacial score (nSPS) is 16.0. The number of aryl methyl sites for hydroxylation is 2. The zero-order valence-corrected chi connectivity index (χ0v) is 17.3. The molecule has 1 N–H and O–H groups in total. The van der Waals surface area contributed by atoms with E-state index < -0.39 is 5.82 Å². The Balaban J connectivity index is 1.37. The number of nitrogens with zero attached hydrogens (tertiary/aromatic N) is 2. The summed E-state index contributed by atoms with van der Waals surface area (Å²) in [5.41, 5.74) is 2.35. The number of fused-ring (bicyclic) bond motifs is 1. The molecule has 1 atom stereocenters. The molecule has 0 saturated heterocycles. The highest BCUT2D eigenvalue weighted by atomic mass is 32.2. The van der Waals surface area contributed by atoms with Crippen LogP contribution in [0.1, 0.15) is 29.3 Å². The first-order valence-electron chi connectivity index (χ1n) is 9.12. The van der Waals surface area contributed by atoms with Crippen LogP contribution in [-0.4, -0.2) is 21.9 Å². The molecule has 0 radical (unpaired) electrons. The number of carbonyl (C=O) groups excluding carboxylic acids is 1. The van der Waals surface area contributed by atoms with Gasteiger partial charge in [0.25, 0.3) is 11.1 Å². The van der Waals surface area contributed by atoms with E-state index in [1.54, 1.807) is 30.4 Å². The highest BCUT2D eigenvalue weighted by Crippen LogP contribution is 2.37. The van der Waals surface area contributed by atoms with Gasteiger partial charge in [-0.1, -0.05) is 24.8 Å². The molecule has 4 rings (SSSR count). The predicted molar refractivity (Wildman–Crippen MR) is 109 cm³/mol. The van der Waals surface area contributed by atoms with E-state index >= 15 is 0 Å². The molecule has 1 amide bonds. The lowest BCUT2D eigenvalue weighted by atomic mass is 9.90. The molecule has 3 aromatic rings. The van der Waals surface area contributed by atoms with Crippen molar-refractivity contribution in [2.45, 2.75) is 38.3 Å². The number of aromatic nitrogens is 2. The van der Waals surface area contributed by atoms with Gasteiger partial charge in [0.2, 0.25) is 5.91 Å². The second-order valence-corrected chi connectivity index (χ2v) is 9.16. The summed E-state index contributed by atoms with van der Waals surface area (Å²) < 4.78 is 19.5. The second kappa shape index (κ2) is 8.05. The Bertz CT molecular complexity index is 1010. The minimum absolute atomic E-state index is 0.0629. The third kappa shape index (κ3) is 4.28. The molecule has 1 aliphatic carbocycles. The van der Waals surface area contributed by atoms with E-state index in [-0.39, 0.29) is 17.3 Å². The molecular formula is C20H20FN3O2S2. The zero-order valence-electron chi connectivity index (χ0n) is 15.6. The van der Waals surface area contributed by atoms with Crippen LogP contribution in [0.2, 0.25) is 0 Å². The van der Waals surface area contributed by atoms with Crippen LogP contribution in [0.15, 0.2) is 33.9 Å². The van der Waals surface area contributed by atoms with Crippen molar-refractivity contribution in [3.63, 3.8) is 0 Å². The molecule has 2 aromatic heterocycles. The lowest BCUT2D eigenvalue weighted by Gasteiger charge is -2.16. The van der Waals surface area contributed by atoms with Crippen LogP contribution >= 0.6 is 23.1 Å². The van der Waals surface area contributed by atoms with Crippen LogP contribution in [0.4, 0.5) is 10.1 Å². The third-order valence-electron chi connectivity index (χ3n) is 4.67. The van der Waals surface area contributed by atoms with Crippen molar-refractivity contribution in [1.82, 2.24) is 10.2 Å². The van der Waals surface area contributed by atoms with Crippen molar-refractivity contribution in [3.8, 4) is 10.8 Å². The summed E-state index contributed by atoms with van der Waals surface area (Å²) in [7, 11) is 0. The average Bonchev–Trinajstić information content (AvgIpc) is 3.28. The summed E-state index contributed by atoms with van der Waals surface area (Å²) in [4.78, 5) is 14.5. The number of halogens is 1. The highest BCUT2D eigenvalue weighted by molar-refractivity contribution is 7.99. The van der Waals surface area contributed by atoms with Gasteiger partial charge in [0.15, 0.2) is 0 Å². The first-order chi connectivity index (χ1) is 13.5.